The molecule has 1 N–H and O–H groups in total. The van der Waals surface area contributed by atoms with Crippen molar-refractivity contribution in [1.82, 2.24) is 15.5 Å². The topological polar surface area (TPSA) is 37.8 Å². The Balaban J connectivity index is 1.98. The first-order chi connectivity index (χ1) is 9.70. The first kappa shape index (κ1) is 15.5. The summed E-state index contributed by atoms with van der Waals surface area (Å²) in [5.41, 5.74) is 1.19. The number of thioether (sulfide) groups is 1. The van der Waals surface area contributed by atoms with Gasteiger partial charge in [-0.1, -0.05) is 43.4 Å². The molecular weight excluding hydrogens is 286 g/mol. The molecule has 5 heteroatoms. The Hall–Kier alpha value is -0.910. The standard InChI is InChI=1S/C15H21N3S2/c1-11(2)10-16-9-8-14-17-18-15(20-14)12-6-4-5-7-13(12)19-3/h4-7,11,16H,8-10H2,1-3H3. The van der Waals surface area contributed by atoms with Gasteiger partial charge < -0.3 is 5.32 Å². The van der Waals surface area contributed by atoms with Crippen LogP contribution in [0.1, 0.15) is 18.9 Å². The van der Waals surface area contributed by atoms with Gasteiger partial charge in [-0.2, -0.15) is 0 Å². The molecule has 0 aliphatic heterocycles. The summed E-state index contributed by atoms with van der Waals surface area (Å²) in [4.78, 5) is 1.26. The number of rotatable bonds is 7. The van der Waals surface area contributed by atoms with Crippen molar-refractivity contribution < 1.29 is 0 Å². The maximum Gasteiger partial charge on any atom is 0.148 e. The van der Waals surface area contributed by atoms with E-state index in [1.807, 2.05) is 0 Å². The minimum atomic E-state index is 0.688. The molecule has 0 fully saturated rings. The average Bonchev–Trinajstić information content (AvgIpc) is 2.92. The molecule has 0 radical (unpaired) electrons. The SMILES string of the molecule is CSc1ccccc1-c1nnc(CCNCC(C)C)s1. The van der Waals surface area contributed by atoms with E-state index in [0.29, 0.717) is 5.92 Å². The normalized spacial score (nSPS) is 11.2. The van der Waals surface area contributed by atoms with E-state index in [1.54, 1.807) is 23.1 Å². The molecular formula is C15H21N3S2. The van der Waals surface area contributed by atoms with Crippen LogP contribution in [0.15, 0.2) is 29.2 Å². The van der Waals surface area contributed by atoms with Crippen LogP contribution in [0.5, 0.6) is 0 Å². The third-order valence-corrected chi connectivity index (χ3v) is 4.68. The maximum atomic E-state index is 4.34. The first-order valence-corrected chi connectivity index (χ1v) is 8.91. The van der Waals surface area contributed by atoms with E-state index < -0.39 is 0 Å². The number of nitrogens with zero attached hydrogens (tertiary/aromatic N) is 2. The van der Waals surface area contributed by atoms with Crippen LogP contribution in [-0.2, 0) is 6.42 Å². The van der Waals surface area contributed by atoms with Crippen molar-refractivity contribution in [2.75, 3.05) is 19.3 Å². The lowest BCUT2D eigenvalue weighted by Crippen LogP contribution is -2.22. The van der Waals surface area contributed by atoms with Crippen molar-refractivity contribution in [3.8, 4) is 10.6 Å². The average molecular weight is 307 g/mol. The zero-order valence-corrected chi connectivity index (χ0v) is 13.9. The summed E-state index contributed by atoms with van der Waals surface area (Å²) in [5.74, 6) is 0.688. The number of hydrogen-bond donors (Lipinski definition) is 1. The number of nitrogens with one attached hydrogen (secondary N) is 1. The molecule has 0 atom stereocenters. The van der Waals surface area contributed by atoms with Gasteiger partial charge in [-0.3, -0.25) is 0 Å². The largest absolute Gasteiger partial charge is 0.316 e. The van der Waals surface area contributed by atoms with Gasteiger partial charge in [0.25, 0.3) is 0 Å². The van der Waals surface area contributed by atoms with Crippen molar-refractivity contribution >= 4 is 23.1 Å². The molecule has 108 valence electrons. The zero-order chi connectivity index (χ0) is 14.4. The Morgan fingerprint density at radius 1 is 1.25 bits per heavy atom. The van der Waals surface area contributed by atoms with Gasteiger partial charge in [0.2, 0.25) is 0 Å². The van der Waals surface area contributed by atoms with Crippen molar-refractivity contribution in [1.29, 1.82) is 0 Å². The van der Waals surface area contributed by atoms with Crippen LogP contribution in [0.2, 0.25) is 0 Å². The Labute approximate surface area is 129 Å². The van der Waals surface area contributed by atoms with Crippen LogP contribution < -0.4 is 5.32 Å². The number of hydrogen-bond acceptors (Lipinski definition) is 5. The van der Waals surface area contributed by atoms with E-state index in [4.69, 9.17) is 0 Å². The molecule has 2 rings (SSSR count). The third-order valence-electron chi connectivity index (χ3n) is 2.87. The van der Waals surface area contributed by atoms with Crippen LogP contribution >= 0.6 is 23.1 Å². The fourth-order valence-electron chi connectivity index (χ4n) is 1.87. The molecule has 0 amide bonds. The third kappa shape index (κ3) is 4.30. The molecule has 2 aromatic rings. The van der Waals surface area contributed by atoms with Crippen LogP contribution in [0.25, 0.3) is 10.6 Å². The van der Waals surface area contributed by atoms with E-state index in [0.717, 1.165) is 29.5 Å². The molecule has 0 saturated heterocycles. The Bertz CT molecular complexity index is 537. The fraction of sp³-hybridized carbons (Fsp3) is 0.467. The van der Waals surface area contributed by atoms with Crippen molar-refractivity contribution in [2.24, 2.45) is 5.92 Å². The molecule has 0 saturated carbocycles. The van der Waals surface area contributed by atoms with Gasteiger partial charge >= 0.3 is 0 Å². The molecule has 1 heterocycles. The zero-order valence-electron chi connectivity index (χ0n) is 12.2. The van der Waals surface area contributed by atoms with E-state index in [9.17, 15) is 0 Å². The summed E-state index contributed by atoms with van der Waals surface area (Å²) >= 11 is 3.45. The minimum absolute atomic E-state index is 0.688. The molecule has 1 aromatic heterocycles. The highest BCUT2D eigenvalue weighted by atomic mass is 32.2. The highest BCUT2D eigenvalue weighted by Gasteiger charge is 2.10. The lowest BCUT2D eigenvalue weighted by Gasteiger charge is -2.05. The van der Waals surface area contributed by atoms with Crippen molar-refractivity contribution in [3.63, 3.8) is 0 Å². The number of aromatic nitrogens is 2. The molecule has 0 spiro atoms. The highest BCUT2D eigenvalue weighted by molar-refractivity contribution is 7.98. The smallest absolute Gasteiger partial charge is 0.148 e. The molecule has 0 bridgehead atoms. The maximum absolute atomic E-state index is 4.34. The van der Waals surface area contributed by atoms with E-state index >= 15 is 0 Å². The van der Waals surface area contributed by atoms with Crippen LogP contribution in [0.4, 0.5) is 0 Å². The first-order valence-electron chi connectivity index (χ1n) is 6.87. The van der Waals surface area contributed by atoms with E-state index in [2.05, 4.69) is 59.9 Å². The molecule has 0 aliphatic carbocycles. The second-order valence-electron chi connectivity index (χ2n) is 5.05. The lowest BCUT2D eigenvalue weighted by atomic mass is 10.2. The van der Waals surface area contributed by atoms with Crippen LogP contribution in [-0.4, -0.2) is 29.5 Å². The van der Waals surface area contributed by atoms with E-state index in [-0.39, 0.29) is 0 Å². The van der Waals surface area contributed by atoms with Gasteiger partial charge in [0.15, 0.2) is 0 Å². The fourth-order valence-corrected chi connectivity index (χ4v) is 3.41. The summed E-state index contributed by atoms with van der Waals surface area (Å²) in [5, 5.41) is 14.2. The van der Waals surface area contributed by atoms with Crippen LogP contribution in [0.3, 0.4) is 0 Å². The molecule has 3 nitrogen and oxygen atoms in total. The lowest BCUT2D eigenvalue weighted by molar-refractivity contribution is 0.553. The highest BCUT2D eigenvalue weighted by Crippen LogP contribution is 2.31. The summed E-state index contributed by atoms with van der Waals surface area (Å²) in [7, 11) is 0. The predicted molar refractivity (Wildman–Crippen MR) is 88.5 cm³/mol. The Morgan fingerprint density at radius 3 is 2.80 bits per heavy atom. The van der Waals surface area contributed by atoms with E-state index in [1.165, 1.54) is 10.5 Å². The minimum Gasteiger partial charge on any atom is -0.316 e. The van der Waals surface area contributed by atoms with Gasteiger partial charge in [0.05, 0.1) is 0 Å². The van der Waals surface area contributed by atoms with Crippen molar-refractivity contribution in [3.05, 3.63) is 29.3 Å². The summed E-state index contributed by atoms with van der Waals surface area (Å²) in [6.45, 7) is 6.46. The second-order valence-corrected chi connectivity index (χ2v) is 6.96. The summed E-state index contributed by atoms with van der Waals surface area (Å²) in [6, 6.07) is 8.37. The number of benzene rings is 1. The quantitative estimate of drug-likeness (QED) is 0.625. The predicted octanol–water partition coefficient (Wildman–Crippen LogP) is 3.72. The Kier molecular flexibility index (Phi) is 6.01. The second kappa shape index (κ2) is 7.76. The molecule has 20 heavy (non-hydrogen) atoms. The Morgan fingerprint density at radius 2 is 2.05 bits per heavy atom. The summed E-state index contributed by atoms with van der Waals surface area (Å²) in [6.07, 6.45) is 3.04. The van der Waals surface area contributed by atoms with Gasteiger partial charge in [-0.05, 0) is 24.8 Å². The van der Waals surface area contributed by atoms with Gasteiger partial charge in [-0.15, -0.1) is 22.0 Å². The molecule has 1 aromatic carbocycles. The van der Waals surface area contributed by atoms with Gasteiger partial charge in [-0.25, -0.2) is 0 Å². The summed E-state index contributed by atoms with van der Waals surface area (Å²) < 4.78 is 0. The molecule has 0 aliphatic rings. The van der Waals surface area contributed by atoms with Crippen LogP contribution in [0, 0.1) is 5.92 Å². The van der Waals surface area contributed by atoms with Crippen molar-refractivity contribution in [2.45, 2.75) is 25.2 Å². The monoisotopic (exact) mass is 307 g/mol. The van der Waals surface area contributed by atoms with Gasteiger partial charge in [0.1, 0.15) is 10.0 Å². The molecule has 0 unspecified atom stereocenters. The van der Waals surface area contributed by atoms with Gasteiger partial charge in [0, 0.05) is 23.4 Å².